The number of carbonyl (C=O) groups is 1. The van der Waals surface area contributed by atoms with E-state index in [1.54, 1.807) is 17.0 Å². The highest BCUT2D eigenvalue weighted by Crippen LogP contribution is 2.19. The molecular formula is C15H16FN5O2. The largest absolute Gasteiger partial charge is 0.470 e. The predicted octanol–water partition coefficient (Wildman–Crippen LogP) is 2.09. The van der Waals surface area contributed by atoms with Gasteiger partial charge in [-0.05, 0) is 37.1 Å². The molecular weight excluding hydrogens is 301 g/mol. The van der Waals surface area contributed by atoms with Crippen molar-refractivity contribution in [1.29, 1.82) is 0 Å². The topological polar surface area (TPSA) is 80.2 Å². The van der Waals surface area contributed by atoms with Crippen LogP contribution < -0.4 is 10.1 Å². The predicted molar refractivity (Wildman–Crippen MR) is 80.5 cm³/mol. The van der Waals surface area contributed by atoms with Crippen LogP contribution in [0.5, 0.6) is 5.88 Å². The maximum Gasteiger partial charge on any atom is 0.323 e. The number of piperidine rings is 1. The monoisotopic (exact) mass is 317 g/mol. The van der Waals surface area contributed by atoms with Crippen molar-refractivity contribution in [3.05, 3.63) is 42.5 Å². The molecule has 1 fully saturated rings. The van der Waals surface area contributed by atoms with Crippen molar-refractivity contribution < 1.29 is 13.9 Å². The van der Waals surface area contributed by atoms with Gasteiger partial charge in [-0.2, -0.15) is 5.10 Å². The number of urea groups is 1. The first-order chi connectivity index (χ1) is 11.2. The van der Waals surface area contributed by atoms with Gasteiger partial charge in [-0.25, -0.2) is 14.2 Å². The number of anilines is 1. The lowest BCUT2D eigenvalue weighted by atomic mass is 10.1. The van der Waals surface area contributed by atoms with Crippen LogP contribution in [0.3, 0.4) is 0 Å². The molecule has 7 nitrogen and oxygen atoms in total. The van der Waals surface area contributed by atoms with Crippen LogP contribution in [-0.2, 0) is 0 Å². The van der Waals surface area contributed by atoms with Crippen LogP contribution in [0.2, 0.25) is 0 Å². The summed E-state index contributed by atoms with van der Waals surface area (Å²) in [6.07, 6.45) is 4.22. The molecule has 0 aliphatic carbocycles. The Bertz CT molecular complexity index is 670. The van der Waals surface area contributed by atoms with Crippen molar-refractivity contribution in [3.8, 4) is 5.88 Å². The molecule has 1 aliphatic heterocycles. The third-order valence-corrected chi connectivity index (χ3v) is 3.48. The molecule has 1 N–H and O–H groups in total. The lowest BCUT2D eigenvalue weighted by Crippen LogP contribution is -2.46. The van der Waals surface area contributed by atoms with Crippen molar-refractivity contribution in [2.24, 2.45) is 0 Å². The van der Waals surface area contributed by atoms with Crippen LogP contribution in [0.25, 0.3) is 0 Å². The molecule has 120 valence electrons. The number of ether oxygens (including phenoxy) is 1. The average molecular weight is 317 g/mol. The van der Waals surface area contributed by atoms with Crippen molar-refractivity contribution >= 4 is 11.8 Å². The lowest BCUT2D eigenvalue weighted by molar-refractivity contribution is 0.0986. The van der Waals surface area contributed by atoms with E-state index in [1.165, 1.54) is 24.5 Å². The first-order valence-electron chi connectivity index (χ1n) is 7.33. The number of carbonyl (C=O) groups excluding carboxylic acids is 1. The Morgan fingerprint density at radius 1 is 1.35 bits per heavy atom. The van der Waals surface area contributed by atoms with Gasteiger partial charge in [-0.15, -0.1) is 5.10 Å². The number of nitrogens with one attached hydrogen (secondary N) is 1. The SMILES string of the molecule is O=C(Nc1cccnn1)N1CCCC(Oc2ncccc2F)C1. The summed E-state index contributed by atoms with van der Waals surface area (Å²) in [7, 11) is 0. The molecule has 1 atom stereocenters. The molecule has 2 aromatic rings. The fraction of sp³-hybridized carbons (Fsp3) is 0.333. The Balaban J connectivity index is 1.59. The number of hydrogen-bond acceptors (Lipinski definition) is 5. The number of amides is 2. The van der Waals surface area contributed by atoms with Gasteiger partial charge in [0.05, 0.1) is 6.54 Å². The number of aromatic nitrogens is 3. The average Bonchev–Trinajstić information content (AvgIpc) is 2.58. The van der Waals surface area contributed by atoms with Crippen molar-refractivity contribution in [3.63, 3.8) is 0 Å². The first-order valence-corrected chi connectivity index (χ1v) is 7.33. The van der Waals surface area contributed by atoms with Crippen LogP contribution in [-0.4, -0.2) is 45.3 Å². The van der Waals surface area contributed by atoms with E-state index in [0.29, 0.717) is 18.9 Å². The van der Waals surface area contributed by atoms with Gasteiger partial charge in [0.25, 0.3) is 5.88 Å². The number of likely N-dealkylation sites (tertiary alicyclic amines) is 1. The van der Waals surface area contributed by atoms with Gasteiger partial charge in [-0.3, -0.25) is 5.32 Å². The van der Waals surface area contributed by atoms with Gasteiger partial charge < -0.3 is 9.64 Å². The van der Waals surface area contributed by atoms with Gasteiger partial charge in [0, 0.05) is 18.9 Å². The molecule has 0 spiro atoms. The van der Waals surface area contributed by atoms with Gasteiger partial charge >= 0.3 is 6.03 Å². The number of pyridine rings is 1. The summed E-state index contributed by atoms with van der Waals surface area (Å²) in [5.74, 6) is -0.154. The smallest absolute Gasteiger partial charge is 0.323 e. The minimum Gasteiger partial charge on any atom is -0.470 e. The summed E-state index contributed by atoms with van der Waals surface area (Å²) in [6, 6.07) is 5.87. The molecule has 3 heterocycles. The van der Waals surface area contributed by atoms with Crippen molar-refractivity contribution in [2.75, 3.05) is 18.4 Å². The Hall–Kier alpha value is -2.77. The molecule has 2 amide bonds. The number of halogens is 1. The van der Waals surface area contributed by atoms with E-state index in [2.05, 4.69) is 20.5 Å². The lowest BCUT2D eigenvalue weighted by Gasteiger charge is -2.32. The number of rotatable bonds is 3. The fourth-order valence-electron chi connectivity index (χ4n) is 2.39. The molecule has 3 rings (SSSR count). The Morgan fingerprint density at radius 3 is 3.00 bits per heavy atom. The van der Waals surface area contributed by atoms with E-state index in [1.807, 2.05) is 0 Å². The van der Waals surface area contributed by atoms with E-state index in [4.69, 9.17) is 4.74 Å². The number of nitrogens with zero attached hydrogens (tertiary/aromatic N) is 4. The zero-order chi connectivity index (χ0) is 16.1. The maximum absolute atomic E-state index is 13.6. The fourth-order valence-corrected chi connectivity index (χ4v) is 2.39. The second-order valence-corrected chi connectivity index (χ2v) is 5.16. The third-order valence-electron chi connectivity index (χ3n) is 3.48. The van der Waals surface area contributed by atoms with Crippen LogP contribution in [0.15, 0.2) is 36.7 Å². The molecule has 0 bridgehead atoms. The molecule has 23 heavy (non-hydrogen) atoms. The van der Waals surface area contributed by atoms with E-state index in [-0.39, 0.29) is 18.0 Å². The number of hydrogen-bond donors (Lipinski definition) is 1. The van der Waals surface area contributed by atoms with E-state index < -0.39 is 5.82 Å². The molecule has 2 aromatic heterocycles. The minimum atomic E-state index is -0.506. The van der Waals surface area contributed by atoms with Crippen molar-refractivity contribution in [2.45, 2.75) is 18.9 Å². The minimum absolute atomic E-state index is 0.0336. The van der Waals surface area contributed by atoms with Gasteiger partial charge in [0.1, 0.15) is 6.10 Å². The molecule has 1 aliphatic rings. The highest BCUT2D eigenvalue weighted by atomic mass is 19.1. The summed E-state index contributed by atoms with van der Waals surface area (Å²) in [6.45, 7) is 0.971. The second kappa shape index (κ2) is 6.99. The van der Waals surface area contributed by atoms with E-state index in [0.717, 1.165) is 12.8 Å². The maximum atomic E-state index is 13.6. The van der Waals surface area contributed by atoms with Crippen LogP contribution >= 0.6 is 0 Å². The van der Waals surface area contributed by atoms with E-state index >= 15 is 0 Å². The van der Waals surface area contributed by atoms with Crippen LogP contribution in [0.4, 0.5) is 15.0 Å². The summed E-state index contributed by atoms with van der Waals surface area (Å²) >= 11 is 0. The second-order valence-electron chi connectivity index (χ2n) is 5.16. The van der Waals surface area contributed by atoms with Crippen LogP contribution in [0, 0.1) is 5.82 Å². The summed E-state index contributed by atoms with van der Waals surface area (Å²) in [5.41, 5.74) is 0. The zero-order valence-electron chi connectivity index (χ0n) is 12.4. The highest BCUT2D eigenvalue weighted by molar-refractivity contribution is 5.88. The van der Waals surface area contributed by atoms with Gasteiger partial charge in [-0.1, -0.05) is 0 Å². The zero-order valence-corrected chi connectivity index (χ0v) is 12.4. The molecule has 1 saturated heterocycles. The highest BCUT2D eigenvalue weighted by Gasteiger charge is 2.26. The van der Waals surface area contributed by atoms with Crippen molar-refractivity contribution in [1.82, 2.24) is 20.1 Å². The summed E-state index contributed by atoms with van der Waals surface area (Å²) in [5, 5.41) is 10.2. The standard InChI is InChI=1S/C15H16FN5O2/c16-12-5-1-7-17-14(12)23-11-4-3-9-21(10-11)15(22)19-13-6-2-8-18-20-13/h1-2,5-8,11H,3-4,9-10H2,(H,19,20,22). The third kappa shape index (κ3) is 3.91. The molecule has 0 radical (unpaired) electrons. The molecule has 1 unspecified atom stereocenters. The molecule has 8 heteroatoms. The molecule has 0 saturated carbocycles. The normalized spacial score (nSPS) is 17.6. The Morgan fingerprint density at radius 2 is 2.22 bits per heavy atom. The molecule has 0 aromatic carbocycles. The first kappa shape index (κ1) is 15.1. The summed E-state index contributed by atoms with van der Waals surface area (Å²) in [4.78, 5) is 17.7. The Kier molecular flexibility index (Phi) is 4.60. The van der Waals surface area contributed by atoms with E-state index in [9.17, 15) is 9.18 Å². The quantitative estimate of drug-likeness (QED) is 0.937. The van der Waals surface area contributed by atoms with Crippen LogP contribution in [0.1, 0.15) is 12.8 Å². The summed E-state index contributed by atoms with van der Waals surface area (Å²) < 4.78 is 19.2. The van der Waals surface area contributed by atoms with Gasteiger partial charge in [0.15, 0.2) is 11.6 Å². The Labute approximate surface area is 132 Å². The van der Waals surface area contributed by atoms with Gasteiger partial charge in [0.2, 0.25) is 0 Å².